The van der Waals surface area contributed by atoms with E-state index >= 15 is 0 Å². The zero-order valence-corrected chi connectivity index (χ0v) is 13.8. The summed E-state index contributed by atoms with van der Waals surface area (Å²) in [7, 11) is 1.99. The molecule has 1 aliphatic rings. The second-order valence-electron chi connectivity index (χ2n) is 5.59. The highest BCUT2D eigenvalue weighted by atomic mass is 35.5. The molecule has 2 aromatic rings. The van der Waals surface area contributed by atoms with E-state index in [1.807, 2.05) is 25.2 Å². The molecule has 124 valence electrons. The van der Waals surface area contributed by atoms with Crippen molar-refractivity contribution in [2.45, 2.75) is 25.5 Å². The number of ether oxygens (including phenoxy) is 2. The summed E-state index contributed by atoms with van der Waals surface area (Å²) in [6.45, 7) is 2.68. The highest BCUT2D eigenvalue weighted by Gasteiger charge is 2.23. The van der Waals surface area contributed by atoms with E-state index in [1.54, 1.807) is 6.07 Å². The zero-order valence-electron chi connectivity index (χ0n) is 13.1. The van der Waals surface area contributed by atoms with E-state index in [1.165, 1.54) is 0 Å². The summed E-state index contributed by atoms with van der Waals surface area (Å²) in [4.78, 5) is 6.49. The molecule has 0 N–H and O–H groups in total. The van der Waals surface area contributed by atoms with Crippen molar-refractivity contribution in [1.29, 1.82) is 0 Å². The van der Waals surface area contributed by atoms with Crippen molar-refractivity contribution in [2.75, 3.05) is 26.8 Å². The minimum Gasteiger partial charge on any atom is -0.492 e. The van der Waals surface area contributed by atoms with Crippen LogP contribution in [-0.4, -0.2) is 41.8 Å². The molecule has 1 atom stereocenters. The Kier molecular flexibility index (Phi) is 5.48. The first-order valence-corrected chi connectivity index (χ1v) is 8.09. The molecule has 23 heavy (non-hydrogen) atoms. The van der Waals surface area contributed by atoms with Crippen LogP contribution in [0.15, 0.2) is 28.8 Å². The van der Waals surface area contributed by atoms with Crippen LogP contribution < -0.4 is 4.74 Å². The summed E-state index contributed by atoms with van der Waals surface area (Å²) in [5.74, 6) is 2.02. The summed E-state index contributed by atoms with van der Waals surface area (Å²) in [6, 6.07) is 7.38. The van der Waals surface area contributed by atoms with Gasteiger partial charge in [-0.1, -0.05) is 22.8 Å². The third kappa shape index (κ3) is 4.67. The quantitative estimate of drug-likeness (QED) is 0.773. The Labute approximate surface area is 140 Å². The van der Waals surface area contributed by atoms with Gasteiger partial charge in [0.25, 0.3) is 5.89 Å². The highest BCUT2D eigenvalue weighted by Crippen LogP contribution is 2.27. The van der Waals surface area contributed by atoms with Gasteiger partial charge in [-0.25, -0.2) is 0 Å². The first kappa shape index (κ1) is 16.2. The summed E-state index contributed by atoms with van der Waals surface area (Å²) in [5.41, 5.74) is 0. The van der Waals surface area contributed by atoms with Crippen molar-refractivity contribution in [3.8, 4) is 5.75 Å². The fourth-order valence-corrected chi connectivity index (χ4v) is 2.61. The van der Waals surface area contributed by atoms with Crippen LogP contribution in [0.1, 0.15) is 30.7 Å². The van der Waals surface area contributed by atoms with Crippen LogP contribution in [0.4, 0.5) is 0 Å². The number of rotatable bonds is 7. The summed E-state index contributed by atoms with van der Waals surface area (Å²) in [5, 5.41) is 4.68. The number of hydrogen-bond donors (Lipinski definition) is 0. The van der Waals surface area contributed by atoms with Gasteiger partial charge in [0, 0.05) is 18.2 Å². The molecule has 0 saturated carbocycles. The van der Waals surface area contributed by atoms with E-state index in [9.17, 15) is 0 Å². The molecule has 3 rings (SSSR count). The lowest BCUT2D eigenvalue weighted by Gasteiger charge is -2.14. The van der Waals surface area contributed by atoms with E-state index in [0.29, 0.717) is 29.9 Å². The minimum atomic E-state index is -0.0345. The number of hydrogen-bond acceptors (Lipinski definition) is 6. The van der Waals surface area contributed by atoms with Gasteiger partial charge in [-0.2, -0.15) is 4.98 Å². The fraction of sp³-hybridized carbons (Fsp3) is 0.500. The molecule has 6 nitrogen and oxygen atoms in total. The second kappa shape index (κ2) is 7.77. The van der Waals surface area contributed by atoms with Crippen LogP contribution in [0.25, 0.3) is 0 Å². The molecule has 0 bridgehead atoms. The molecule has 0 aliphatic carbocycles. The maximum atomic E-state index is 5.92. The van der Waals surface area contributed by atoms with Crippen molar-refractivity contribution in [3.63, 3.8) is 0 Å². The number of benzene rings is 1. The van der Waals surface area contributed by atoms with Gasteiger partial charge in [-0.15, -0.1) is 0 Å². The minimum absolute atomic E-state index is 0.0345. The number of halogens is 1. The van der Waals surface area contributed by atoms with Gasteiger partial charge in [-0.3, -0.25) is 4.90 Å². The Hall–Kier alpha value is -1.63. The van der Waals surface area contributed by atoms with Crippen LogP contribution in [0.5, 0.6) is 5.75 Å². The molecule has 0 spiro atoms. The van der Waals surface area contributed by atoms with Crippen LogP contribution in [-0.2, 0) is 11.3 Å². The predicted molar refractivity (Wildman–Crippen MR) is 85.5 cm³/mol. The molecule has 0 radical (unpaired) electrons. The molecule has 0 amide bonds. The Balaban J connectivity index is 1.43. The van der Waals surface area contributed by atoms with Crippen LogP contribution in [0.2, 0.25) is 5.02 Å². The van der Waals surface area contributed by atoms with E-state index < -0.39 is 0 Å². The third-order valence-electron chi connectivity index (χ3n) is 3.64. The maximum Gasteiger partial charge on any atom is 0.255 e. The Morgan fingerprint density at radius 2 is 2.35 bits per heavy atom. The standard InChI is InChI=1S/C16H20ClN3O3/c1-20(7-9-21-13-5-2-4-12(17)10-13)11-15-18-16(23-19-15)14-6-3-8-22-14/h2,4-5,10,14H,3,6-9,11H2,1H3. The normalized spacial score (nSPS) is 17.8. The van der Waals surface area contributed by atoms with E-state index in [4.69, 9.17) is 25.6 Å². The summed E-state index contributed by atoms with van der Waals surface area (Å²) >= 11 is 5.92. The number of nitrogens with zero attached hydrogens (tertiary/aromatic N) is 3. The molecule has 2 heterocycles. The molecular weight excluding hydrogens is 318 g/mol. The van der Waals surface area contributed by atoms with Gasteiger partial charge < -0.3 is 14.0 Å². The number of likely N-dealkylation sites (N-methyl/N-ethyl adjacent to an activating group) is 1. The number of aromatic nitrogens is 2. The molecule has 1 saturated heterocycles. The van der Waals surface area contributed by atoms with Crippen molar-refractivity contribution in [3.05, 3.63) is 41.0 Å². The molecule has 1 aromatic carbocycles. The average molecular weight is 338 g/mol. The highest BCUT2D eigenvalue weighted by molar-refractivity contribution is 6.30. The largest absolute Gasteiger partial charge is 0.492 e. The predicted octanol–water partition coefficient (Wildman–Crippen LogP) is 3.09. The molecular formula is C16H20ClN3O3. The third-order valence-corrected chi connectivity index (χ3v) is 3.87. The lowest BCUT2D eigenvalue weighted by Crippen LogP contribution is -2.24. The van der Waals surface area contributed by atoms with Crippen LogP contribution in [0, 0.1) is 0 Å². The van der Waals surface area contributed by atoms with Crippen molar-refractivity contribution in [2.24, 2.45) is 0 Å². The SMILES string of the molecule is CN(CCOc1cccc(Cl)c1)Cc1noc(C2CCCO2)n1. The van der Waals surface area contributed by atoms with Gasteiger partial charge >= 0.3 is 0 Å². The molecule has 1 aliphatic heterocycles. The van der Waals surface area contributed by atoms with Crippen LogP contribution >= 0.6 is 11.6 Å². The van der Waals surface area contributed by atoms with E-state index in [0.717, 1.165) is 31.7 Å². The lowest BCUT2D eigenvalue weighted by molar-refractivity contribution is 0.0835. The smallest absolute Gasteiger partial charge is 0.255 e. The maximum absolute atomic E-state index is 5.92. The lowest BCUT2D eigenvalue weighted by atomic mass is 10.2. The van der Waals surface area contributed by atoms with E-state index in [-0.39, 0.29) is 6.10 Å². The van der Waals surface area contributed by atoms with Gasteiger partial charge in [0.1, 0.15) is 18.5 Å². The summed E-state index contributed by atoms with van der Waals surface area (Å²) in [6.07, 6.45) is 1.96. The first-order chi connectivity index (χ1) is 11.2. The van der Waals surface area contributed by atoms with Crippen molar-refractivity contribution < 1.29 is 14.0 Å². The molecule has 1 unspecified atom stereocenters. The van der Waals surface area contributed by atoms with Gasteiger partial charge in [0.15, 0.2) is 5.82 Å². The Bertz CT molecular complexity index is 629. The van der Waals surface area contributed by atoms with E-state index in [2.05, 4.69) is 15.0 Å². The fourth-order valence-electron chi connectivity index (χ4n) is 2.43. The Morgan fingerprint density at radius 3 is 3.13 bits per heavy atom. The van der Waals surface area contributed by atoms with Crippen LogP contribution in [0.3, 0.4) is 0 Å². The molecule has 1 fully saturated rings. The van der Waals surface area contributed by atoms with Gasteiger partial charge in [0.2, 0.25) is 0 Å². The summed E-state index contributed by atoms with van der Waals surface area (Å²) < 4.78 is 16.5. The van der Waals surface area contributed by atoms with Crippen molar-refractivity contribution >= 4 is 11.6 Å². The molecule has 1 aromatic heterocycles. The zero-order chi connectivity index (χ0) is 16.1. The van der Waals surface area contributed by atoms with Gasteiger partial charge in [-0.05, 0) is 38.1 Å². The molecule has 7 heteroatoms. The monoisotopic (exact) mass is 337 g/mol. The Morgan fingerprint density at radius 1 is 1.43 bits per heavy atom. The average Bonchev–Trinajstić information content (AvgIpc) is 3.18. The second-order valence-corrected chi connectivity index (χ2v) is 6.03. The van der Waals surface area contributed by atoms with Gasteiger partial charge in [0.05, 0.1) is 6.54 Å². The van der Waals surface area contributed by atoms with Crippen molar-refractivity contribution in [1.82, 2.24) is 15.0 Å². The topological polar surface area (TPSA) is 60.6 Å². The first-order valence-electron chi connectivity index (χ1n) is 7.72.